The first kappa shape index (κ1) is 25.3. The molecule has 1 heterocycles. The number of amides is 1. The maximum atomic E-state index is 13.4. The maximum Gasteiger partial charge on any atom is 0.255 e. The monoisotopic (exact) mass is 533 g/mol. The second-order valence-corrected chi connectivity index (χ2v) is 11.0. The average Bonchev–Trinajstić information content (AvgIpc) is 2.86. The summed E-state index contributed by atoms with van der Waals surface area (Å²) in [6.45, 7) is 3.74. The third-order valence-corrected chi connectivity index (χ3v) is 8.30. The molecule has 0 bridgehead atoms. The third-order valence-electron chi connectivity index (χ3n) is 5.91. The van der Waals surface area contributed by atoms with Crippen molar-refractivity contribution in [3.8, 4) is 5.75 Å². The Morgan fingerprint density at radius 3 is 2.23 bits per heavy atom. The highest BCUT2D eigenvalue weighted by atomic mass is 35.5. The molecule has 1 N–H and O–H groups in total. The van der Waals surface area contributed by atoms with Gasteiger partial charge in [-0.1, -0.05) is 29.3 Å². The smallest absolute Gasteiger partial charge is 0.255 e. The topological polar surface area (TPSA) is 79.0 Å². The van der Waals surface area contributed by atoms with E-state index >= 15 is 0 Å². The number of hydrogen-bond acceptors (Lipinski definition) is 5. The molecule has 0 atom stereocenters. The van der Waals surface area contributed by atoms with Crippen LogP contribution in [0.4, 0.5) is 11.4 Å². The van der Waals surface area contributed by atoms with E-state index in [2.05, 4.69) is 10.2 Å². The number of methoxy groups -OCH3 is 1. The second-order valence-electron chi connectivity index (χ2n) is 8.15. The molecule has 1 saturated heterocycles. The average molecular weight is 534 g/mol. The summed E-state index contributed by atoms with van der Waals surface area (Å²) in [6, 6.07) is 16.5. The van der Waals surface area contributed by atoms with Gasteiger partial charge in [0.1, 0.15) is 5.75 Å². The lowest BCUT2D eigenvalue weighted by Crippen LogP contribution is -2.48. The van der Waals surface area contributed by atoms with Crippen molar-refractivity contribution in [3.05, 3.63) is 81.8 Å². The van der Waals surface area contributed by atoms with Crippen LogP contribution in [0.2, 0.25) is 10.0 Å². The lowest BCUT2D eigenvalue weighted by atomic mass is 10.1. The predicted octanol–water partition coefficient (Wildman–Crippen LogP) is 5.07. The molecule has 1 aliphatic heterocycles. The molecule has 10 heteroatoms. The molecule has 0 aliphatic carbocycles. The molecule has 0 aromatic heterocycles. The number of halogens is 2. The van der Waals surface area contributed by atoms with Gasteiger partial charge in [0, 0.05) is 47.5 Å². The van der Waals surface area contributed by atoms with Gasteiger partial charge in [0.05, 0.1) is 17.7 Å². The number of aryl methyl sites for hydroxylation is 1. The van der Waals surface area contributed by atoms with Crippen LogP contribution in [0.15, 0.2) is 65.6 Å². The Hall–Kier alpha value is -2.78. The summed E-state index contributed by atoms with van der Waals surface area (Å²) in [5.41, 5.74) is 2.74. The first-order chi connectivity index (χ1) is 16.7. The lowest BCUT2D eigenvalue weighted by molar-refractivity contribution is 0.102. The van der Waals surface area contributed by atoms with E-state index in [0.29, 0.717) is 47.5 Å². The van der Waals surface area contributed by atoms with Crippen LogP contribution >= 0.6 is 23.2 Å². The first-order valence-electron chi connectivity index (χ1n) is 11.0. The van der Waals surface area contributed by atoms with Crippen LogP contribution in [0, 0.1) is 6.92 Å². The largest absolute Gasteiger partial charge is 0.495 e. The van der Waals surface area contributed by atoms with E-state index < -0.39 is 15.9 Å². The molecule has 0 spiro atoms. The minimum absolute atomic E-state index is 0.0806. The first-order valence-corrected chi connectivity index (χ1v) is 13.1. The Balaban J connectivity index is 1.52. The Kier molecular flexibility index (Phi) is 7.56. The van der Waals surface area contributed by atoms with Gasteiger partial charge in [0.15, 0.2) is 0 Å². The zero-order valence-corrected chi connectivity index (χ0v) is 21.6. The molecule has 1 fully saturated rings. The standard InChI is InChI=1S/C25H25Cl2N3O4S/c1-17-3-6-20(27)15-23(17)29-11-13-30(14-12-29)35(32,33)21-9-10-24(34-2)22(16-21)28-25(31)18-4-7-19(26)8-5-18/h3-10,15-16H,11-14H2,1-2H3,(H,28,31). The van der Waals surface area contributed by atoms with Gasteiger partial charge in [-0.25, -0.2) is 8.42 Å². The number of nitrogens with zero attached hydrogens (tertiary/aromatic N) is 2. The van der Waals surface area contributed by atoms with Gasteiger partial charge < -0.3 is 15.0 Å². The number of sulfonamides is 1. The summed E-state index contributed by atoms with van der Waals surface area (Å²) >= 11 is 12.1. The summed E-state index contributed by atoms with van der Waals surface area (Å²) in [5.74, 6) is -0.0486. The van der Waals surface area contributed by atoms with Crippen LogP contribution in [-0.4, -0.2) is 51.9 Å². The van der Waals surface area contributed by atoms with Crippen molar-refractivity contribution in [1.82, 2.24) is 4.31 Å². The van der Waals surface area contributed by atoms with Gasteiger partial charge in [-0.05, 0) is 67.1 Å². The fraction of sp³-hybridized carbons (Fsp3) is 0.240. The molecule has 0 radical (unpaired) electrons. The van der Waals surface area contributed by atoms with Crippen LogP contribution in [-0.2, 0) is 10.0 Å². The van der Waals surface area contributed by atoms with Gasteiger partial charge in [-0.15, -0.1) is 0 Å². The Bertz CT molecular complexity index is 1340. The SMILES string of the molecule is COc1ccc(S(=O)(=O)N2CCN(c3cc(Cl)ccc3C)CC2)cc1NC(=O)c1ccc(Cl)cc1. The normalized spacial score (nSPS) is 14.6. The number of nitrogens with one attached hydrogen (secondary N) is 1. The van der Waals surface area contributed by atoms with Crippen molar-refractivity contribution in [1.29, 1.82) is 0 Å². The van der Waals surface area contributed by atoms with Crippen LogP contribution in [0.1, 0.15) is 15.9 Å². The number of ether oxygens (including phenoxy) is 1. The Labute approximate surface area is 215 Å². The minimum Gasteiger partial charge on any atom is -0.495 e. The molecule has 184 valence electrons. The van der Waals surface area contributed by atoms with Gasteiger partial charge >= 0.3 is 0 Å². The number of rotatable bonds is 6. The van der Waals surface area contributed by atoms with Crippen molar-refractivity contribution >= 4 is 50.5 Å². The van der Waals surface area contributed by atoms with Crippen molar-refractivity contribution in [2.75, 3.05) is 43.5 Å². The van der Waals surface area contributed by atoms with Gasteiger partial charge in [0.25, 0.3) is 5.91 Å². The lowest BCUT2D eigenvalue weighted by Gasteiger charge is -2.36. The van der Waals surface area contributed by atoms with Crippen molar-refractivity contribution in [2.24, 2.45) is 0 Å². The van der Waals surface area contributed by atoms with Crippen molar-refractivity contribution in [3.63, 3.8) is 0 Å². The molecular weight excluding hydrogens is 509 g/mol. The van der Waals surface area contributed by atoms with E-state index in [-0.39, 0.29) is 10.6 Å². The molecule has 3 aromatic carbocycles. The van der Waals surface area contributed by atoms with Crippen LogP contribution in [0.3, 0.4) is 0 Å². The zero-order valence-electron chi connectivity index (χ0n) is 19.3. The van der Waals surface area contributed by atoms with Crippen molar-refractivity contribution in [2.45, 2.75) is 11.8 Å². The van der Waals surface area contributed by atoms with E-state index in [1.54, 1.807) is 24.3 Å². The number of anilines is 2. The van der Waals surface area contributed by atoms with E-state index in [1.807, 2.05) is 25.1 Å². The number of piperazine rings is 1. The van der Waals surface area contributed by atoms with E-state index in [9.17, 15) is 13.2 Å². The van der Waals surface area contributed by atoms with Gasteiger partial charge in [-0.3, -0.25) is 4.79 Å². The predicted molar refractivity (Wildman–Crippen MR) is 140 cm³/mol. The molecule has 3 aromatic rings. The van der Waals surface area contributed by atoms with E-state index in [0.717, 1.165) is 11.3 Å². The summed E-state index contributed by atoms with van der Waals surface area (Å²) in [4.78, 5) is 14.9. The molecular formula is C25H25Cl2N3O4S. The molecule has 1 aliphatic rings. The molecule has 0 saturated carbocycles. The zero-order chi connectivity index (χ0) is 25.2. The fourth-order valence-electron chi connectivity index (χ4n) is 3.98. The Morgan fingerprint density at radius 2 is 1.57 bits per heavy atom. The molecule has 4 rings (SSSR count). The number of benzene rings is 3. The summed E-state index contributed by atoms with van der Waals surface area (Å²) in [6.07, 6.45) is 0. The van der Waals surface area contributed by atoms with Crippen LogP contribution < -0.4 is 15.0 Å². The van der Waals surface area contributed by atoms with Gasteiger partial charge in [0.2, 0.25) is 10.0 Å². The number of carbonyl (C=O) groups is 1. The summed E-state index contributed by atoms with van der Waals surface area (Å²) in [5, 5.41) is 3.90. The maximum absolute atomic E-state index is 13.4. The summed E-state index contributed by atoms with van der Waals surface area (Å²) < 4.78 is 33.6. The highest BCUT2D eigenvalue weighted by molar-refractivity contribution is 7.89. The number of carbonyl (C=O) groups excluding carboxylic acids is 1. The quantitative estimate of drug-likeness (QED) is 0.478. The Morgan fingerprint density at radius 1 is 0.914 bits per heavy atom. The van der Waals surface area contributed by atoms with Gasteiger partial charge in [-0.2, -0.15) is 4.31 Å². The van der Waals surface area contributed by atoms with Crippen molar-refractivity contribution < 1.29 is 17.9 Å². The molecule has 1 amide bonds. The molecule has 35 heavy (non-hydrogen) atoms. The second kappa shape index (κ2) is 10.5. The van der Waals surface area contributed by atoms with E-state index in [4.69, 9.17) is 27.9 Å². The molecule has 7 nitrogen and oxygen atoms in total. The summed E-state index contributed by atoms with van der Waals surface area (Å²) in [7, 11) is -2.33. The molecule has 0 unspecified atom stereocenters. The van der Waals surface area contributed by atoms with E-state index in [1.165, 1.54) is 29.6 Å². The fourth-order valence-corrected chi connectivity index (χ4v) is 5.72. The third kappa shape index (κ3) is 5.56. The minimum atomic E-state index is -3.78. The number of hydrogen-bond donors (Lipinski definition) is 1. The van der Waals surface area contributed by atoms with Crippen LogP contribution in [0.5, 0.6) is 5.75 Å². The highest BCUT2D eigenvalue weighted by Gasteiger charge is 2.30. The van der Waals surface area contributed by atoms with Crippen LogP contribution in [0.25, 0.3) is 0 Å². The highest BCUT2D eigenvalue weighted by Crippen LogP contribution is 2.31.